The summed E-state index contributed by atoms with van der Waals surface area (Å²) >= 11 is 12.3. The van der Waals surface area contributed by atoms with Crippen LogP contribution in [0.2, 0.25) is 10.0 Å². The van der Waals surface area contributed by atoms with Crippen LogP contribution in [0.4, 0.5) is 0 Å². The van der Waals surface area contributed by atoms with E-state index in [4.69, 9.17) is 23.2 Å². The Balaban J connectivity index is 2.07. The minimum atomic E-state index is 0.282. The molecular formula is C16H21Cl2N. The smallest absolute Gasteiger partial charge is 0.0595 e. The monoisotopic (exact) mass is 297 g/mol. The van der Waals surface area contributed by atoms with Crippen LogP contribution in [0.5, 0.6) is 0 Å². The van der Waals surface area contributed by atoms with Crippen molar-refractivity contribution in [1.82, 2.24) is 5.32 Å². The first-order valence-electron chi connectivity index (χ1n) is 7.24. The Hall–Kier alpha value is -0.240. The zero-order valence-electron chi connectivity index (χ0n) is 11.4. The summed E-state index contributed by atoms with van der Waals surface area (Å²) in [7, 11) is 0. The first kappa shape index (κ1) is 13.7. The second-order valence-corrected chi connectivity index (χ2v) is 7.22. The van der Waals surface area contributed by atoms with Crippen LogP contribution < -0.4 is 5.32 Å². The van der Waals surface area contributed by atoms with Gasteiger partial charge in [-0.2, -0.15) is 0 Å². The van der Waals surface area contributed by atoms with Gasteiger partial charge in [0.05, 0.1) is 10.0 Å². The van der Waals surface area contributed by atoms with Crippen molar-refractivity contribution in [3.8, 4) is 0 Å². The predicted molar refractivity (Wildman–Crippen MR) is 82.2 cm³/mol. The molecule has 2 aliphatic rings. The van der Waals surface area contributed by atoms with Gasteiger partial charge in [0.1, 0.15) is 0 Å². The molecular weight excluding hydrogens is 277 g/mol. The van der Waals surface area contributed by atoms with E-state index < -0.39 is 0 Å². The Morgan fingerprint density at radius 3 is 2.37 bits per heavy atom. The summed E-state index contributed by atoms with van der Waals surface area (Å²) in [4.78, 5) is 0. The van der Waals surface area contributed by atoms with E-state index in [1.807, 2.05) is 6.07 Å². The number of benzene rings is 1. The van der Waals surface area contributed by atoms with Crippen LogP contribution in [0.25, 0.3) is 0 Å². The van der Waals surface area contributed by atoms with E-state index in [1.54, 1.807) is 0 Å². The van der Waals surface area contributed by atoms with Gasteiger partial charge in [0.15, 0.2) is 0 Å². The average Bonchev–Trinajstić information content (AvgIpc) is 3.03. The van der Waals surface area contributed by atoms with E-state index in [0.29, 0.717) is 15.5 Å². The fourth-order valence-electron chi connectivity index (χ4n) is 4.24. The van der Waals surface area contributed by atoms with Crippen molar-refractivity contribution in [2.24, 2.45) is 5.41 Å². The third-order valence-corrected chi connectivity index (χ3v) is 6.19. The molecule has 0 aromatic heterocycles. The van der Waals surface area contributed by atoms with Gasteiger partial charge in [-0.05, 0) is 48.9 Å². The lowest BCUT2D eigenvalue weighted by Crippen LogP contribution is -2.43. The zero-order chi connectivity index (χ0) is 13.5. The number of hydrogen-bond donors (Lipinski definition) is 1. The van der Waals surface area contributed by atoms with Gasteiger partial charge in [-0.3, -0.25) is 0 Å². The summed E-state index contributed by atoms with van der Waals surface area (Å²) in [6.45, 7) is 4.70. The van der Waals surface area contributed by atoms with Gasteiger partial charge in [0.25, 0.3) is 0 Å². The second-order valence-electron chi connectivity index (χ2n) is 6.41. The average molecular weight is 298 g/mol. The summed E-state index contributed by atoms with van der Waals surface area (Å²) in [5.74, 6) is 0. The molecule has 1 saturated heterocycles. The maximum Gasteiger partial charge on any atom is 0.0595 e. The van der Waals surface area contributed by atoms with Crippen molar-refractivity contribution in [2.75, 3.05) is 13.1 Å². The molecule has 1 atom stereocenters. The van der Waals surface area contributed by atoms with Crippen molar-refractivity contribution in [1.29, 1.82) is 0 Å². The number of rotatable bonds is 2. The maximum atomic E-state index is 6.26. The van der Waals surface area contributed by atoms with Gasteiger partial charge in [0, 0.05) is 12.0 Å². The molecule has 19 heavy (non-hydrogen) atoms. The molecule has 2 fully saturated rings. The van der Waals surface area contributed by atoms with Crippen LogP contribution >= 0.6 is 23.2 Å². The highest BCUT2D eigenvalue weighted by atomic mass is 35.5. The third kappa shape index (κ3) is 2.11. The molecule has 3 heteroatoms. The molecule has 1 aromatic rings. The highest BCUT2D eigenvalue weighted by Crippen LogP contribution is 2.56. The Labute approximate surface area is 125 Å². The molecule has 1 saturated carbocycles. The standard InChI is InChI=1S/C16H21Cl2N/c1-15(8-9-19-11-15)16(6-2-3-7-16)12-4-5-13(17)14(18)10-12/h4-5,10,19H,2-3,6-9,11H2,1H3/t15-/m0/s1. The van der Waals surface area contributed by atoms with Crippen LogP contribution in [-0.4, -0.2) is 13.1 Å². The van der Waals surface area contributed by atoms with Crippen molar-refractivity contribution in [3.63, 3.8) is 0 Å². The Bertz CT molecular complexity index is 472. The second kappa shape index (κ2) is 4.95. The van der Waals surface area contributed by atoms with Gasteiger partial charge < -0.3 is 5.32 Å². The topological polar surface area (TPSA) is 12.0 Å². The van der Waals surface area contributed by atoms with Crippen molar-refractivity contribution < 1.29 is 0 Å². The Morgan fingerprint density at radius 1 is 1.05 bits per heavy atom. The van der Waals surface area contributed by atoms with E-state index in [-0.39, 0.29) is 5.41 Å². The van der Waals surface area contributed by atoms with Gasteiger partial charge in [-0.25, -0.2) is 0 Å². The van der Waals surface area contributed by atoms with E-state index in [9.17, 15) is 0 Å². The van der Waals surface area contributed by atoms with Crippen LogP contribution in [-0.2, 0) is 5.41 Å². The lowest BCUT2D eigenvalue weighted by molar-refractivity contribution is 0.163. The van der Waals surface area contributed by atoms with Crippen LogP contribution in [0.1, 0.15) is 44.6 Å². The lowest BCUT2D eigenvalue weighted by Gasteiger charge is -2.45. The Kier molecular flexibility index (Phi) is 3.57. The minimum absolute atomic E-state index is 0.282. The maximum absolute atomic E-state index is 6.26. The summed E-state index contributed by atoms with van der Waals surface area (Å²) < 4.78 is 0. The molecule has 1 aliphatic heterocycles. The van der Waals surface area contributed by atoms with E-state index in [0.717, 1.165) is 13.1 Å². The van der Waals surface area contributed by atoms with Crippen LogP contribution in [0.3, 0.4) is 0 Å². The molecule has 1 heterocycles. The molecule has 1 aromatic carbocycles. The molecule has 3 rings (SSSR count). The zero-order valence-corrected chi connectivity index (χ0v) is 12.9. The number of nitrogens with one attached hydrogen (secondary N) is 1. The SMILES string of the molecule is C[C@]1(C2(c3ccc(Cl)c(Cl)c3)CCCC2)CCNC1. The fraction of sp³-hybridized carbons (Fsp3) is 0.625. The van der Waals surface area contributed by atoms with Gasteiger partial charge in [-0.15, -0.1) is 0 Å². The van der Waals surface area contributed by atoms with Crippen molar-refractivity contribution in [3.05, 3.63) is 33.8 Å². The van der Waals surface area contributed by atoms with Gasteiger partial charge in [-0.1, -0.05) is 49.0 Å². The lowest BCUT2D eigenvalue weighted by atomic mass is 9.59. The molecule has 1 nitrogen and oxygen atoms in total. The van der Waals surface area contributed by atoms with Crippen LogP contribution in [0, 0.1) is 5.41 Å². The molecule has 0 spiro atoms. The normalized spacial score (nSPS) is 29.8. The first-order chi connectivity index (χ1) is 9.07. The highest BCUT2D eigenvalue weighted by Gasteiger charge is 2.51. The van der Waals surface area contributed by atoms with Gasteiger partial charge in [0.2, 0.25) is 0 Å². The summed E-state index contributed by atoms with van der Waals surface area (Å²) in [5, 5.41) is 4.91. The molecule has 104 valence electrons. The van der Waals surface area contributed by atoms with Gasteiger partial charge >= 0.3 is 0 Å². The summed E-state index contributed by atoms with van der Waals surface area (Å²) in [6, 6.07) is 6.27. The Morgan fingerprint density at radius 2 is 1.79 bits per heavy atom. The predicted octanol–water partition coefficient (Wildman–Crippen LogP) is 4.80. The highest BCUT2D eigenvalue weighted by molar-refractivity contribution is 6.42. The van der Waals surface area contributed by atoms with E-state index in [1.165, 1.54) is 37.7 Å². The molecule has 0 amide bonds. The molecule has 1 N–H and O–H groups in total. The van der Waals surface area contributed by atoms with Crippen molar-refractivity contribution in [2.45, 2.75) is 44.4 Å². The fourth-order valence-corrected chi connectivity index (χ4v) is 4.54. The van der Waals surface area contributed by atoms with Crippen LogP contribution in [0.15, 0.2) is 18.2 Å². The first-order valence-corrected chi connectivity index (χ1v) is 7.99. The minimum Gasteiger partial charge on any atom is -0.316 e. The third-order valence-electron chi connectivity index (χ3n) is 5.45. The summed E-state index contributed by atoms with van der Waals surface area (Å²) in [5.41, 5.74) is 2.02. The van der Waals surface area contributed by atoms with E-state index in [2.05, 4.69) is 24.4 Å². The quantitative estimate of drug-likeness (QED) is 0.826. The summed E-state index contributed by atoms with van der Waals surface area (Å²) in [6.07, 6.45) is 6.48. The number of hydrogen-bond acceptors (Lipinski definition) is 1. The molecule has 0 bridgehead atoms. The molecule has 0 radical (unpaired) electrons. The van der Waals surface area contributed by atoms with E-state index >= 15 is 0 Å². The van der Waals surface area contributed by atoms with Crippen molar-refractivity contribution >= 4 is 23.2 Å². The number of halogens is 2. The largest absolute Gasteiger partial charge is 0.316 e. The molecule has 0 unspecified atom stereocenters. The molecule has 1 aliphatic carbocycles.